The van der Waals surface area contributed by atoms with Gasteiger partial charge in [-0.15, -0.1) is 0 Å². The lowest BCUT2D eigenvalue weighted by Crippen LogP contribution is -2.41. The fourth-order valence-electron chi connectivity index (χ4n) is 2.96. The number of carbonyl (C=O) groups is 2. The zero-order chi connectivity index (χ0) is 17.6. The van der Waals surface area contributed by atoms with Gasteiger partial charge in [-0.2, -0.15) is 0 Å². The number of hydrogen-bond donors (Lipinski definition) is 1. The molecule has 0 bridgehead atoms. The normalized spacial score (nSPS) is 15.0. The van der Waals surface area contributed by atoms with Crippen LogP contribution < -0.4 is 5.32 Å². The number of nitrogens with zero attached hydrogens (tertiary/aromatic N) is 2. The molecule has 1 aromatic heterocycles. The van der Waals surface area contributed by atoms with E-state index in [1.165, 1.54) is 0 Å². The molecule has 0 unspecified atom stereocenters. The summed E-state index contributed by atoms with van der Waals surface area (Å²) in [6.07, 6.45) is 5.04. The standard InChI is InChI=1S/C19H20ClN3O2/c20-17-3-1-15(2-4-17)18(24)22-13-14-7-11-23(12-8-14)19(25)16-5-9-21-10-6-16/h1-6,9-10,14H,7-8,11-13H2,(H,22,24). The molecular weight excluding hydrogens is 338 g/mol. The molecule has 1 N–H and O–H groups in total. The van der Waals surface area contributed by atoms with Crippen LogP contribution in [0.15, 0.2) is 48.8 Å². The summed E-state index contributed by atoms with van der Waals surface area (Å²) >= 11 is 5.83. The Morgan fingerprint density at radius 3 is 2.32 bits per heavy atom. The second-order valence-corrected chi connectivity index (χ2v) is 6.62. The molecule has 1 fully saturated rings. The first-order valence-corrected chi connectivity index (χ1v) is 8.74. The monoisotopic (exact) mass is 357 g/mol. The van der Waals surface area contributed by atoms with Gasteiger partial charge in [0.1, 0.15) is 0 Å². The van der Waals surface area contributed by atoms with Crippen LogP contribution in [0.2, 0.25) is 5.02 Å². The predicted molar refractivity (Wildman–Crippen MR) is 96.6 cm³/mol. The van der Waals surface area contributed by atoms with Gasteiger partial charge in [0.05, 0.1) is 0 Å². The average Bonchev–Trinajstić information content (AvgIpc) is 2.67. The highest BCUT2D eigenvalue weighted by atomic mass is 35.5. The molecule has 1 aromatic carbocycles. The smallest absolute Gasteiger partial charge is 0.253 e. The fraction of sp³-hybridized carbons (Fsp3) is 0.316. The maximum atomic E-state index is 12.4. The Morgan fingerprint density at radius 1 is 1.04 bits per heavy atom. The lowest BCUT2D eigenvalue weighted by atomic mass is 9.96. The number of piperidine rings is 1. The van der Waals surface area contributed by atoms with Crippen LogP contribution in [-0.2, 0) is 0 Å². The van der Waals surface area contributed by atoms with Crippen LogP contribution in [0.4, 0.5) is 0 Å². The summed E-state index contributed by atoms with van der Waals surface area (Å²) in [4.78, 5) is 30.3. The van der Waals surface area contributed by atoms with Crippen LogP contribution in [-0.4, -0.2) is 41.3 Å². The summed E-state index contributed by atoms with van der Waals surface area (Å²) in [5.74, 6) is 0.343. The van der Waals surface area contributed by atoms with Crippen molar-refractivity contribution in [3.8, 4) is 0 Å². The van der Waals surface area contributed by atoms with Crippen LogP contribution in [0.1, 0.15) is 33.6 Å². The SMILES string of the molecule is O=C(NCC1CCN(C(=O)c2ccncc2)CC1)c1ccc(Cl)cc1. The van der Waals surface area contributed by atoms with Crippen LogP contribution >= 0.6 is 11.6 Å². The first-order valence-electron chi connectivity index (χ1n) is 8.36. The highest BCUT2D eigenvalue weighted by Gasteiger charge is 2.23. The molecule has 1 aliphatic rings. The molecule has 130 valence electrons. The van der Waals surface area contributed by atoms with Crippen molar-refractivity contribution in [3.63, 3.8) is 0 Å². The van der Waals surface area contributed by atoms with E-state index in [4.69, 9.17) is 11.6 Å². The van der Waals surface area contributed by atoms with E-state index in [2.05, 4.69) is 10.3 Å². The number of nitrogens with one attached hydrogen (secondary N) is 1. The Hall–Kier alpha value is -2.40. The summed E-state index contributed by atoms with van der Waals surface area (Å²) in [6, 6.07) is 10.3. The number of likely N-dealkylation sites (tertiary alicyclic amines) is 1. The molecule has 0 aliphatic carbocycles. The summed E-state index contributed by atoms with van der Waals surface area (Å²) < 4.78 is 0. The molecule has 0 atom stereocenters. The van der Waals surface area contributed by atoms with E-state index in [-0.39, 0.29) is 11.8 Å². The lowest BCUT2D eigenvalue weighted by molar-refractivity contribution is 0.0684. The van der Waals surface area contributed by atoms with Crippen LogP contribution in [0.3, 0.4) is 0 Å². The third-order valence-electron chi connectivity index (χ3n) is 4.49. The zero-order valence-electron chi connectivity index (χ0n) is 13.8. The van der Waals surface area contributed by atoms with Gasteiger partial charge in [-0.05, 0) is 55.2 Å². The van der Waals surface area contributed by atoms with E-state index in [0.717, 1.165) is 12.8 Å². The quantitative estimate of drug-likeness (QED) is 0.914. The van der Waals surface area contributed by atoms with Gasteiger partial charge in [0.25, 0.3) is 11.8 Å². The Balaban J connectivity index is 1.45. The number of amides is 2. The maximum Gasteiger partial charge on any atom is 0.253 e. The molecule has 0 saturated carbocycles. The molecule has 1 saturated heterocycles. The van der Waals surface area contributed by atoms with Crippen molar-refractivity contribution in [2.45, 2.75) is 12.8 Å². The van der Waals surface area contributed by atoms with E-state index in [9.17, 15) is 9.59 Å². The fourth-order valence-corrected chi connectivity index (χ4v) is 3.08. The predicted octanol–water partition coefficient (Wildman–Crippen LogP) is 3.02. The number of halogens is 1. The second-order valence-electron chi connectivity index (χ2n) is 6.19. The van der Waals surface area contributed by atoms with E-state index >= 15 is 0 Å². The minimum atomic E-state index is -0.0908. The van der Waals surface area contributed by atoms with Gasteiger partial charge in [0, 0.05) is 48.2 Å². The number of pyridine rings is 1. The minimum absolute atomic E-state index is 0.0473. The molecule has 0 radical (unpaired) electrons. The number of rotatable bonds is 4. The summed E-state index contributed by atoms with van der Waals surface area (Å²) in [5, 5.41) is 3.58. The average molecular weight is 358 g/mol. The van der Waals surface area contributed by atoms with E-state index in [1.807, 2.05) is 4.90 Å². The number of aromatic nitrogens is 1. The lowest BCUT2D eigenvalue weighted by Gasteiger charge is -2.32. The summed E-state index contributed by atoms with van der Waals surface area (Å²) in [7, 11) is 0. The minimum Gasteiger partial charge on any atom is -0.352 e. The summed E-state index contributed by atoms with van der Waals surface area (Å²) in [6.45, 7) is 2.05. The van der Waals surface area contributed by atoms with E-state index < -0.39 is 0 Å². The van der Waals surface area contributed by atoms with Crippen molar-refractivity contribution in [2.24, 2.45) is 5.92 Å². The molecule has 2 aromatic rings. The van der Waals surface area contributed by atoms with Gasteiger partial charge in [0.2, 0.25) is 0 Å². The molecular formula is C19H20ClN3O2. The van der Waals surface area contributed by atoms with Gasteiger partial charge in [-0.3, -0.25) is 14.6 Å². The van der Waals surface area contributed by atoms with Crippen molar-refractivity contribution in [1.82, 2.24) is 15.2 Å². The summed E-state index contributed by atoms with van der Waals surface area (Å²) in [5.41, 5.74) is 1.28. The Labute approximate surface area is 152 Å². The molecule has 2 amide bonds. The van der Waals surface area contributed by atoms with Gasteiger partial charge in [-0.1, -0.05) is 11.6 Å². The van der Waals surface area contributed by atoms with Crippen molar-refractivity contribution >= 4 is 23.4 Å². The molecule has 5 nitrogen and oxygen atoms in total. The number of hydrogen-bond acceptors (Lipinski definition) is 3. The molecule has 2 heterocycles. The van der Waals surface area contributed by atoms with Crippen LogP contribution in [0, 0.1) is 5.92 Å². The Bertz CT molecular complexity index is 726. The number of carbonyl (C=O) groups excluding carboxylic acids is 2. The van der Waals surface area contributed by atoms with E-state index in [0.29, 0.717) is 41.7 Å². The van der Waals surface area contributed by atoms with Crippen molar-refractivity contribution in [2.75, 3.05) is 19.6 Å². The van der Waals surface area contributed by atoms with Gasteiger partial charge in [0.15, 0.2) is 0 Å². The van der Waals surface area contributed by atoms with Crippen LogP contribution in [0.5, 0.6) is 0 Å². The molecule has 3 rings (SSSR count). The Morgan fingerprint density at radius 2 is 1.68 bits per heavy atom. The van der Waals surface area contributed by atoms with Gasteiger partial charge >= 0.3 is 0 Å². The first kappa shape index (κ1) is 17.4. The van der Waals surface area contributed by atoms with Crippen molar-refractivity contribution in [1.29, 1.82) is 0 Å². The topological polar surface area (TPSA) is 62.3 Å². The Kier molecular flexibility index (Phi) is 5.66. The van der Waals surface area contributed by atoms with Crippen molar-refractivity contribution < 1.29 is 9.59 Å². The first-order chi connectivity index (χ1) is 12.1. The maximum absolute atomic E-state index is 12.4. The molecule has 25 heavy (non-hydrogen) atoms. The van der Waals surface area contributed by atoms with Crippen molar-refractivity contribution in [3.05, 3.63) is 64.9 Å². The highest BCUT2D eigenvalue weighted by Crippen LogP contribution is 2.18. The molecule has 6 heteroatoms. The largest absolute Gasteiger partial charge is 0.352 e. The second kappa shape index (κ2) is 8.12. The number of benzene rings is 1. The molecule has 1 aliphatic heterocycles. The van der Waals surface area contributed by atoms with E-state index in [1.54, 1.807) is 48.8 Å². The van der Waals surface area contributed by atoms with Gasteiger partial charge < -0.3 is 10.2 Å². The third-order valence-corrected chi connectivity index (χ3v) is 4.74. The third kappa shape index (κ3) is 4.57. The zero-order valence-corrected chi connectivity index (χ0v) is 14.6. The van der Waals surface area contributed by atoms with Crippen LogP contribution in [0.25, 0.3) is 0 Å². The van der Waals surface area contributed by atoms with Gasteiger partial charge in [-0.25, -0.2) is 0 Å². The molecule has 0 spiro atoms. The highest BCUT2D eigenvalue weighted by molar-refractivity contribution is 6.30.